The van der Waals surface area contributed by atoms with Crippen LogP contribution >= 0.6 is 7.68 Å². The molecule has 3 nitrogen and oxygen atoms in total. The smallest absolute Gasteiger partial charge is 0.309 e. The van der Waals surface area contributed by atoms with Crippen molar-refractivity contribution in [1.29, 1.82) is 0 Å². The zero-order valence-electron chi connectivity index (χ0n) is 9.00. The van der Waals surface area contributed by atoms with Crippen molar-refractivity contribution >= 4 is 7.68 Å². The molecule has 0 aliphatic carbocycles. The molecule has 0 spiro atoms. The highest BCUT2D eigenvalue weighted by Crippen LogP contribution is 2.51. The fraction of sp³-hybridized carbons (Fsp3) is 1.00. The lowest BCUT2D eigenvalue weighted by Crippen LogP contribution is -2.21. The Bertz CT molecular complexity index is 201. The molecule has 0 aliphatic heterocycles. The van der Waals surface area contributed by atoms with Gasteiger partial charge in [-0.2, -0.15) is 4.20 Å². The van der Waals surface area contributed by atoms with Crippen LogP contribution in [0.25, 0.3) is 0 Å². The molecule has 0 aromatic rings. The minimum absolute atomic E-state index is 0.0444. The highest BCUT2D eigenvalue weighted by atomic mass is 31.2. The van der Waals surface area contributed by atoms with Gasteiger partial charge in [0, 0.05) is 6.54 Å². The summed E-state index contributed by atoms with van der Waals surface area (Å²) < 4.78 is 29.3. The lowest BCUT2D eigenvalue weighted by molar-refractivity contribution is 0.121. The third-order valence-electron chi connectivity index (χ3n) is 1.22. The van der Waals surface area contributed by atoms with Crippen molar-refractivity contribution < 1.29 is 13.3 Å². The fourth-order valence-corrected chi connectivity index (χ4v) is 2.32. The molecule has 1 unspecified atom stereocenters. The molecule has 0 aromatic heterocycles. The standard InChI is InChI=1S/C8H19FNO2P/c1-8(2,3)12-13(9,11)7-6-10(4)5/h6-7H2,1-5H3. The van der Waals surface area contributed by atoms with Crippen molar-refractivity contribution in [3.05, 3.63) is 0 Å². The Morgan fingerprint density at radius 2 is 1.85 bits per heavy atom. The summed E-state index contributed by atoms with van der Waals surface area (Å²) in [4.78, 5) is 1.78. The van der Waals surface area contributed by atoms with Crippen LogP contribution in [0, 0.1) is 0 Å². The Kier molecular flexibility index (Phi) is 4.56. The Balaban J connectivity index is 4.02. The van der Waals surface area contributed by atoms with E-state index in [1.165, 1.54) is 0 Å². The van der Waals surface area contributed by atoms with Gasteiger partial charge in [-0.05, 0) is 34.9 Å². The second-order valence-corrected chi connectivity index (χ2v) is 6.13. The average molecular weight is 211 g/mol. The first-order chi connectivity index (χ1) is 5.62. The molecule has 5 heteroatoms. The SMILES string of the molecule is CN(C)CCP(=O)(F)OC(C)(C)C. The summed E-state index contributed by atoms with van der Waals surface area (Å²) in [6.45, 7) is 5.50. The molecule has 13 heavy (non-hydrogen) atoms. The third-order valence-corrected chi connectivity index (χ3v) is 2.78. The van der Waals surface area contributed by atoms with E-state index in [0.29, 0.717) is 6.54 Å². The van der Waals surface area contributed by atoms with Gasteiger partial charge >= 0.3 is 7.68 Å². The lowest BCUT2D eigenvalue weighted by atomic mass is 10.2. The minimum Gasteiger partial charge on any atom is -0.309 e. The van der Waals surface area contributed by atoms with E-state index in [2.05, 4.69) is 0 Å². The first kappa shape index (κ1) is 13.1. The second-order valence-electron chi connectivity index (χ2n) is 4.32. The van der Waals surface area contributed by atoms with E-state index in [9.17, 15) is 8.76 Å². The number of hydrogen-bond donors (Lipinski definition) is 0. The number of nitrogens with zero attached hydrogens (tertiary/aromatic N) is 1. The molecule has 0 fully saturated rings. The molecule has 0 aliphatic rings. The van der Waals surface area contributed by atoms with Crippen LogP contribution in [0.4, 0.5) is 4.20 Å². The number of hydrogen-bond acceptors (Lipinski definition) is 3. The van der Waals surface area contributed by atoms with Crippen LogP contribution in [-0.4, -0.2) is 37.3 Å². The highest BCUT2D eigenvalue weighted by molar-refractivity contribution is 7.53. The van der Waals surface area contributed by atoms with E-state index in [-0.39, 0.29) is 6.16 Å². The van der Waals surface area contributed by atoms with E-state index in [1.807, 2.05) is 0 Å². The van der Waals surface area contributed by atoms with Crippen LogP contribution in [0.5, 0.6) is 0 Å². The maximum Gasteiger partial charge on any atom is 0.369 e. The van der Waals surface area contributed by atoms with Gasteiger partial charge in [0.25, 0.3) is 0 Å². The molecule has 0 aromatic carbocycles. The molecule has 0 rings (SSSR count). The molecular weight excluding hydrogens is 192 g/mol. The molecule has 0 saturated carbocycles. The van der Waals surface area contributed by atoms with Gasteiger partial charge in [0.2, 0.25) is 0 Å². The van der Waals surface area contributed by atoms with Crippen molar-refractivity contribution in [2.75, 3.05) is 26.8 Å². The number of halogens is 1. The van der Waals surface area contributed by atoms with Crippen LogP contribution in [0.15, 0.2) is 0 Å². The van der Waals surface area contributed by atoms with Gasteiger partial charge in [-0.1, -0.05) is 0 Å². The van der Waals surface area contributed by atoms with Gasteiger partial charge in [-0.15, -0.1) is 0 Å². The topological polar surface area (TPSA) is 29.5 Å². The van der Waals surface area contributed by atoms with Gasteiger partial charge in [0.05, 0.1) is 11.8 Å². The van der Waals surface area contributed by atoms with Crippen LogP contribution < -0.4 is 0 Å². The molecule has 0 amide bonds. The van der Waals surface area contributed by atoms with Gasteiger partial charge in [0.1, 0.15) is 0 Å². The lowest BCUT2D eigenvalue weighted by Gasteiger charge is -2.22. The van der Waals surface area contributed by atoms with Crippen molar-refractivity contribution in [3.8, 4) is 0 Å². The van der Waals surface area contributed by atoms with E-state index in [0.717, 1.165) is 0 Å². The van der Waals surface area contributed by atoms with Gasteiger partial charge in [-0.3, -0.25) is 9.09 Å². The second kappa shape index (κ2) is 4.54. The predicted octanol–water partition coefficient (Wildman–Crippen LogP) is 2.53. The summed E-state index contributed by atoms with van der Waals surface area (Å²) in [7, 11) is -0.304. The van der Waals surface area contributed by atoms with Crippen LogP contribution in [-0.2, 0) is 9.09 Å². The zero-order valence-corrected chi connectivity index (χ0v) is 9.90. The maximum absolute atomic E-state index is 13.3. The molecular formula is C8H19FNO2P. The normalized spacial score (nSPS) is 17.5. The molecule has 0 radical (unpaired) electrons. The Labute approximate surface area is 79.8 Å². The van der Waals surface area contributed by atoms with Crippen molar-refractivity contribution in [2.45, 2.75) is 26.4 Å². The minimum atomic E-state index is -3.91. The van der Waals surface area contributed by atoms with E-state index < -0.39 is 13.3 Å². The van der Waals surface area contributed by atoms with Crippen molar-refractivity contribution in [2.24, 2.45) is 0 Å². The van der Waals surface area contributed by atoms with Gasteiger partial charge in [-0.25, -0.2) is 0 Å². The first-order valence-electron chi connectivity index (χ1n) is 4.27. The van der Waals surface area contributed by atoms with Crippen LogP contribution in [0.1, 0.15) is 20.8 Å². The highest BCUT2D eigenvalue weighted by Gasteiger charge is 2.28. The zero-order chi connectivity index (χ0) is 10.7. The average Bonchev–Trinajstić information content (AvgIpc) is 1.78. The van der Waals surface area contributed by atoms with Gasteiger partial charge in [0.15, 0.2) is 0 Å². The van der Waals surface area contributed by atoms with E-state index >= 15 is 0 Å². The van der Waals surface area contributed by atoms with Gasteiger partial charge < -0.3 is 4.90 Å². The van der Waals surface area contributed by atoms with E-state index in [4.69, 9.17) is 4.52 Å². The molecule has 80 valence electrons. The summed E-state index contributed by atoms with van der Waals surface area (Å²) in [5.41, 5.74) is -0.684. The summed E-state index contributed by atoms with van der Waals surface area (Å²) >= 11 is 0. The predicted molar refractivity (Wildman–Crippen MR) is 53.0 cm³/mol. The largest absolute Gasteiger partial charge is 0.369 e. The Morgan fingerprint density at radius 1 is 1.38 bits per heavy atom. The summed E-state index contributed by atoms with van der Waals surface area (Å²) in [5, 5.41) is 0. The Morgan fingerprint density at radius 3 is 2.15 bits per heavy atom. The van der Waals surface area contributed by atoms with Crippen molar-refractivity contribution in [3.63, 3.8) is 0 Å². The molecule has 0 saturated heterocycles. The summed E-state index contributed by atoms with van der Waals surface area (Å²) in [6, 6.07) is 0. The molecule has 0 N–H and O–H groups in total. The maximum atomic E-state index is 13.3. The Hall–Kier alpha value is 0.0800. The monoisotopic (exact) mass is 211 g/mol. The molecule has 1 atom stereocenters. The van der Waals surface area contributed by atoms with E-state index in [1.54, 1.807) is 39.8 Å². The molecule has 0 bridgehead atoms. The van der Waals surface area contributed by atoms with Crippen LogP contribution in [0.2, 0.25) is 0 Å². The quantitative estimate of drug-likeness (QED) is 0.669. The fourth-order valence-electron chi connectivity index (χ4n) is 0.774. The van der Waals surface area contributed by atoms with Crippen LogP contribution in [0.3, 0.4) is 0 Å². The first-order valence-corrected chi connectivity index (χ1v) is 5.97. The van der Waals surface area contributed by atoms with Crippen molar-refractivity contribution in [1.82, 2.24) is 4.90 Å². The third kappa shape index (κ3) is 8.41. The summed E-state index contributed by atoms with van der Waals surface area (Å²) in [5.74, 6) is 0. The molecule has 0 heterocycles. The summed E-state index contributed by atoms with van der Waals surface area (Å²) in [6.07, 6.45) is -0.0444. The number of rotatable bonds is 4.